The number of H-pyrrole nitrogens is 1. The van der Waals surface area contributed by atoms with Crippen molar-refractivity contribution in [3.05, 3.63) is 56.5 Å². The first-order valence-corrected chi connectivity index (χ1v) is 12.0. The number of aromatic nitrogens is 1. The predicted molar refractivity (Wildman–Crippen MR) is 125 cm³/mol. The number of hydrogen-bond acceptors (Lipinski definition) is 3. The topological polar surface area (TPSA) is 54.1 Å². The fourth-order valence-corrected chi connectivity index (χ4v) is 6.13. The molecule has 0 spiro atoms. The van der Waals surface area contributed by atoms with E-state index in [1.165, 1.54) is 22.5 Å². The molecular weight excluding hydrogens is 439 g/mol. The molecule has 1 aliphatic carbocycles. The Labute approximate surface area is 190 Å². The maximum Gasteiger partial charge on any atom is 0.268 e. The molecule has 0 radical (unpaired) electrons. The average molecular weight is 465 g/mol. The van der Waals surface area contributed by atoms with Gasteiger partial charge in [0.15, 0.2) is 0 Å². The van der Waals surface area contributed by atoms with Crippen LogP contribution in [0.2, 0.25) is 9.36 Å². The number of nitrogens with one attached hydrogen (secondary N) is 2. The fourth-order valence-electron chi connectivity index (χ4n) is 4.65. The first kappa shape index (κ1) is 21.7. The lowest BCUT2D eigenvalue weighted by Crippen LogP contribution is -2.40. The van der Waals surface area contributed by atoms with Crippen LogP contribution in [0, 0.1) is 5.92 Å². The second-order valence-corrected chi connectivity index (χ2v) is 9.81. The number of amides is 1. The number of benzene rings is 1. The van der Waals surface area contributed by atoms with Gasteiger partial charge in [-0.3, -0.25) is 4.79 Å². The Bertz CT molecular complexity index is 1050. The van der Waals surface area contributed by atoms with Crippen LogP contribution >= 0.6 is 34.5 Å². The smallest absolute Gasteiger partial charge is 0.268 e. The molecule has 4 rings (SSSR count). The predicted octanol–water partition coefficient (Wildman–Crippen LogP) is 6.43. The first-order valence-electron chi connectivity index (χ1n) is 10.5. The minimum atomic E-state index is -0.104. The van der Waals surface area contributed by atoms with Crippen LogP contribution in [0.3, 0.4) is 0 Å². The van der Waals surface area contributed by atoms with E-state index in [4.69, 9.17) is 27.9 Å². The van der Waals surface area contributed by atoms with E-state index >= 15 is 0 Å². The molecule has 7 heteroatoms. The van der Waals surface area contributed by atoms with Gasteiger partial charge in [0.25, 0.3) is 5.91 Å². The second-order valence-electron chi connectivity index (χ2n) is 7.77. The summed E-state index contributed by atoms with van der Waals surface area (Å²) in [6.07, 6.45) is 2.88. The Balaban J connectivity index is 1.56. The Kier molecular flexibility index (Phi) is 6.73. The number of thiophene rings is 1. The summed E-state index contributed by atoms with van der Waals surface area (Å²) in [5.74, 6) is 0.628. The van der Waals surface area contributed by atoms with Gasteiger partial charge in [0.05, 0.1) is 15.2 Å². The highest BCUT2D eigenvalue weighted by molar-refractivity contribution is 7.23. The molecule has 0 fully saturated rings. The van der Waals surface area contributed by atoms with E-state index in [-0.39, 0.29) is 17.9 Å². The van der Waals surface area contributed by atoms with E-state index in [1.807, 2.05) is 13.0 Å². The molecule has 1 amide bonds. The zero-order valence-electron chi connectivity index (χ0n) is 17.1. The number of carbonyl (C=O) groups excluding carboxylic acids is 1. The van der Waals surface area contributed by atoms with Crippen molar-refractivity contribution in [1.29, 1.82) is 0 Å². The van der Waals surface area contributed by atoms with Gasteiger partial charge in [0.1, 0.15) is 10.0 Å². The van der Waals surface area contributed by atoms with Crippen molar-refractivity contribution in [1.82, 2.24) is 10.3 Å². The van der Waals surface area contributed by atoms with Crippen molar-refractivity contribution < 1.29 is 9.53 Å². The average Bonchev–Trinajstić information content (AvgIpc) is 3.39. The molecular formula is C23H26Cl2N2O2S. The quantitative estimate of drug-likeness (QED) is 0.377. The molecule has 0 saturated carbocycles. The maximum absolute atomic E-state index is 13.1. The molecule has 160 valence electrons. The van der Waals surface area contributed by atoms with E-state index in [9.17, 15) is 4.79 Å². The van der Waals surface area contributed by atoms with Gasteiger partial charge in [-0.05, 0) is 42.9 Å². The Morgan fingerprint density at radius 3 is 2.87 bits per heavy atom. The van der Waals surface area contributed by atoms with E-state index in [2.05, 4.69) is 41.5 Å². The summed E-state index contributed by atoms with van der Waals surface area (Å²) >= 11 is 13.7. The third-order valence-electron chi connectivity index (χ3n) is 6.09. The van der Waals surface area contributed by atoms with Crippen molar-refractivity contribution >= 4 is 50.7 Å². The third-order valence-corrected chi connectivity index (χ3v) is 8.02. The molecule has 3 atom stereocenters. The van der Waals surface area contributed by atoms with Crippen molar-refractivity contribution in [2.45, 2.75) is 45.1 Å². The third kappa shape index (κ3) is 4.13. The molecule has 2 aromatic heterocycles. The zero-order valence-corrected chi connectivity index (χ0v) is 19.5. The van der Waals surface area contributed by atoms with Gasteiger partial charge < -0.3 is 15.0 Å². The lowest BCUT2D eigenvalue weighted by atomic mass is 9.81. The van der Waals surface area contributed by atoms with Gasteiger partial charge in [-0.2, -0.15) is 0 Å². The molecule has 0 saturated heterocycles. The summed E-state index contributed by atoms with van der Waals surface area (Å²) in [6.45, 7) is 5.73. The van der Waals surface area contributed by atoms with Crippen LogP contribution in [0.15, 0.2) is 30.3 Å². The standard InChI is InChI=1S/C23H26Cl2N2O2S/c1-3-13(9-10-29-4-2)19-15-8-6-5-7-14(15)11-16(19)27-23(28)17-12-18-21(26-17)20(24)22(25)30-18/h5-8,12-13,16,19,26H,3-4,9-11H2,1-2H3,(H,27,28)/t13?,16?,19-/m1/s1. The van der Waals surface area contributed by atoms with Crippen LogP contribution in [0.5, 0.6) is 0 Å². The van der Waals surface area contributed by atoms with Gasteiger partial charge in [-0.25, -0.2) is 0 Å². The number of hydrogen-bond donors (Lipinski definition) is 2. The van der Waals surface area contributed by atoms with Crippen LogP contribution in [0.25, 0.3) is 10.2 Å². The van der Waals surface area contributed by atoms with E-state index in [0.29, 0.717) is 21.0 Å². The lowest BCUT2D eigenvalue weighted by Gasteiger charge is -2.29. The minimum Gasteiger partial charge on any atom is -0.382 e. The van der Waals surface area contributed by atoms with Crippen LogP contribution in [0.4, 0.5) is 0 Å². The summed E-state index contributed by atoms with van der Waals surface area (Å²) in [4.78, 5) is 16.2. The highest BCUT2D eigenvalue weighted by Gasteiger charge is 2.38. The summed E-state index contributed by atoms with van der Waals surface area (Å²) in [6, 6.07) is 10.4. The molecule has 2 unspecified atom stereocenters. The molecule has 1 aromatic carbocycles. The number of fused-ring (bicyclic) bond motifs is 2. The zero-order chi connectivity index (χ0) is 21.3. The van der Waals surface area contributed by atoms with E-state index in [1.54, 1.807) is 0 Å². The van der Waals surface area contributed by atoms with E-state index in [0.717, 1.165) is 42.7 Å². The Hall–Kier alpha value is -1.53. The van der Waals surface area contributed by atoms with Crippen LogP contribution in [-0.4, -0.2) is 30.1 Å². The number of rotatable bonds is 8. The Morgan fingerprint density at radius 2 is 2.13 bits per heavy atom. The fraction of sp³-hybridized carbons (Fsp3) is 0.435. The molecule has 3 aromatic rings. The van der Waals surface area contributed by atoms with Gasteiger partial charge in [-0.1, -0.05) is 60.8 Å². The molecule has 4 nitrogen and oxygen atoms in total. The molecule has 2 heterocycles. The number of carbonyl (C=O) groups is 1. The molecule has 0 bridgehead atoms. The Morgan fingerprint density at radius 1 is 1.33 bits per heavy atom. The lowest BCUT2D eigenvalue weighted by molar-refractivity contribution is 0.0913. The normalized spacial score (nSPS) is 19.2. The molecule has 2 N–H and O–H groups in total. The summed E-state index contributed by atoms with van der Waals surface area (Å²) in [5, 5.41) is 3.78. The molecule has 0 aliphatic heterocycles. The minimum absolute atomic E-state index is 0.0573. The van der Waals surface area contributed by atoms with Gasteiger partial charge in [0.2, 0.25) is 0 Å². The van der Waals surface area contributed by atoms with Crippen LogP contribution in [-0.2, 0) is 11.2 Å². The van der Waals surface area contributed by atoms with Crippen molar-refractivity contribution in [3.8, 4) is 0 Å². The first-order chi connectivity index (χ1) is 14.5. The molecule has 1 aliphatic rings. The largest absolute Gasteiger partial charge is 0.382 e. The van der Waals surface area contributed by atoms with Crippen molar-refractivity contribution in [2.75, 3.05) is 13.2 Å². The summed E-state index contributed by atoms with van der Waals surface area (Å²) < 4.78 is 7.06. The van der Waals surface area contributed by atoms with Crippen LogP contribution in [0.1, 0.15) is 54.2 Å². The SMILES string of the molecule is CCOCCC(CC)[C@@H]1c2ccccc2CC1NC(=O)c1cc2sc(Cl)c(Cl)c2[nH]1. The monoisotopic (exact) mass is 464 g/mol. The highest BCUT2D eigenvalue weighted by Crippen LogP contribution is 2.42. The van der Waals surface area contributed by atoms with Crippen molar-refractivity contribution in [2.24, 2.45) is 5.92 Å². The summed E-state index contributed by atoms with van der Waals surface area (Å²) in [7, 11) is 0. The van der Waals surface area contributed by atoms with Crippen LogP contribution < -0.4 is 5.32 Å². The number of halogens is 2. The summed E-state index contributed by atoms with van der Waals surface area (Å²) in [5.41, 5.74) is 3.93. The van der Waals surface area contributed by atoms with Gasteiger partial charge >= 0.3 is 0 Å². The van der Waals surface area contributed by atoms with Gasteiger partial charge in [0, 0.05) is 25.2 Å². The van der Waals surface area contributed by atoms with E-state index < -0.39 is 0 Å². The highest BCUT2D eigenvalue weighted by atomic mass is 35.5. The molecule has 30 heavy (non-hydrogen) atoms. The number of aromatic amines is 1. The van der Waals surface area contributed by atoms with Gasteiger partial charge in [-0.15, -0.1) is 11.3 Å². The number of ether oxygens (including phenoxy) is 1. The van der Waals surface area contributed by atoms with Crippen molar-refractivity contribution in [3.63, 3.8) is 0 Å². The maximum atomic E-state index is 13.1. The second kappa shape index (κ2) is 9.31.